The summed E-state index contributed by atoms with van der Waals surface area (Å²) in [5, 5.41) is 5.58. The molecule has 4 nitrogen and oxygen atoms in total. The van der Waals surface area contributed by atoms with Crippen LogP contribution in [0, 0.1) is 5.82 Å². The SMILES string of the molecule is O=C(Nc1ccccc1F)OCC1CCCN1. The molecule has 0 spiro atoms. The molecule has 1 saturated heterocycles. The third-order valence-corrected chi connectivity index (χ3v) is 2.69. The van der Waals surface area contributed by atoms with E-state index in [2.05, 4.69) is 10.6 Å². The Bertz CT molecular complexity index is 392. The number of anilines is 1. The number of amides is 1. The molecule has 5 heteroatoms. The number of rotatable bonds is 3. The third-order valence-electron chi connectivity index (χ3n) is 2.69. The van der Waals surface area contributed by atoms with Crippen LogP contribution in [-0.4, -0.2) is 25.3 Å². The highest BCUT2D eigenvalue weighted by atomic mass is 19.1. The molecule has 1 aliphatic rings. The number of nitrogens with one attached hydrogen (secondary N) is 2. The summed E-state index contributed by atoms with van der Waals surface area (Å²) in [7, 11) is 0. The Labute approximate surface area is 99.2 Å². The Morgan fingerprint density at radius 3 is 3.06 bits per heavy atom. The number of ether oxygens (including phenoxy) is 1. The second-order valence-electron chi connectivity index (χ2n) is 4.00. The highest BCUT2D eigenvalue weighted by Crippen LogP contribution is 2.12. The van der Waals surface area contributed by atoms with Crippen molar-refractivity contribution in [3.05, 3.63) is 30.1 Å². The van der Waals surface area contributed by atoms with Crippen molar-refractivity contribution in [1.82, 2.24) is 5.32 Å². The minimum Gasteiger partial charge on any atom is -0.448 e. The lowest BCUT2D eigenvalue weighted by Gasteiger charge is -2.11. The van der Waals surface area contributed by atoms with Crippen molar-refractivity contribution < 1.29 is 13.9 Å². The summed E-state index contributed by atoms with van der Waals surface area (Å²) in [5.74, 6) is -0.469. The van der Waals surface area contributed by atoms with Crippen LogP contribution in [0.25, 0.3) is 0 Å². The molecule has 1 aromatic rings. The van der Waals surface area contributed by atoms with Gasteiger partial charge in [0.05, 0.1) is 5.69 Å². The van der Waals surface area contributed by atoms with Crippen LogP contribution in [-0.2, 0) is 4.74 Å². The first-order valence-corrected chi connectivity index (χ1v) is 5.67. The summed E-state index contributed by atoms with van der Waals surface area (Å²) in [5.41, 5.74) is 0.136. The molecule has 92 valence electrons. The molecule has 17 heavy (non-hydrogen) atoms. The Hall–Kier alpha value is -1.62. The predicted octanol–water partition coefficient (Wildman–Crippen LogP) is 2.13. The van der Waals surface area contributed by atoms with E-state index in [1.807, 2.05) is 0 Å². The number of para-hydroxylation sites is 1. The van der Waals surface area contributed by atoms with Gasteiger partial charge in [-0.3, -0.25) is 5.32 Å². The fourth-order valence-electron chi connectivity index (χ4n) is 1.78. The second kappa shape index (κ2) is 5.63. The van der Waals surface area contributed by atoms with Gasteiger partial charge in [-0.25, -0.2) is 9.18 Å². The molecule has 1 unspecified atom stereocenters. The lowest BCUT2D eigenvalue weighted by atomic mass is 10.2. The number of carbonyl (C=O) groups excluding carboxylic acids is 1. The molecule has 1 heterocycles. The summed E-state index contributed by atoms with van der Waals surface area (Å²) < 4.78 is 18.2. The Morgan fingerprint density at radius 2 is 2.35 bits per heavy atom. The third kappa shape index (κ3) is 3.42. The largest absolute Gasteiger partial charge is 0.448 e. The van der Waals surface area contributed by atoms with Gasteiger partial charge in [0.15, 0.2) is 0 Å². The van der Waals surface area contributed by atoms with E-state index in [0.717, 1.165) is 19.4 Å². The van der Waals surface area contributed by atoms with E-state index in [1.54, 1.807) is 12.1 Å². The van der Waals surface area contributed by atoms with Crippen molar-refractivity contribution in [3.63, 3.8) is 0 Å². The molecule has 1 atom stereocenters. The maximum atomic E-state index is 13.2. The minimum atomic E-state index is -0.621. The zero-order chi connectivity index (χ0) is 12.1. The van der Waals surface area contributed by atoms with Crippen molar-refractivity contribution in [1.29, 1.82) is 0 Å². The Kier molecular flexibility index (Phi) is 3.93. The first-order valence-electron chi connectivity index (χ1n) is 5.67. The first-order chi connectivity index (χ1) is 8.25. The average molecular weight is 238 g/mol. The highest BCUT2D eigenvalue weighted by molar-refractivity contribution is 5.84. The molecule has 0 saturated carbocycles. The van der Waals surface area contributed by atoms with Crippen LogP contribution >= 0.6 is 0 Å². The average Bonchev–Trinajstić information content (AvgIpc) is 2.82. The van der Waals surface area contributed by atoms with Crippen molar-refractivity contribution in [2.24, 2.45) is 0 Å². The van der Waals surface area contributed by atoms with Gasteiger partial charge in [-0.15, -0.1) is 0 Å². The Balaban J connectivity index is 1.79. The zero-order valence-corrected chi connectivity index (χ0v) is 9.41. The van der Waals surface area contributed by atoms with E-state index < -0.39 is 11.9 Å². The summed E-state index contributed by atoms with van der Waals surface area (Å²) >= 11 is 0. The van der Waals surface area contributed by atoms with Crippen LogP contribution in [0.15, 0.2) is 24.3 Å². The van der Waals surface area contributed by atoms with Gasteiger partial charge in [-0.1, -0.05) is 12.1 Å². The van der Waals surface area contributed by atoms with E-state index in [1.165, 1.54) is 12.1 Å². The molecule has 0 radical (unpaired) electrons. The zero-order valence-electron chi connectivity index (χ0n) is 9.41. The highest BCUT2D eigenvalue weighted by Gasteiger charge is 2.16. The van der Waals surface area contributed by atoms with E-state index in [-0.39, 0.29) is 11.7 Å². The molecule has 1 aromatic carbocycles. The topological polar surface area (TPSA) is 50.4 Å². The van der Waals surface area contributed by atoms with Crippen LogP contribution in [0.3, 0.4) is 0 Å². The van der Waals surface area contributed by atoms with Crippen molar-refractivity contribution in [2.75, 3.05) is 18.5 Å². The van der Waals surface area contributed by atoms with Gasteiger partial charge >= 0.3 is 6.09 Å². The monoisotopic (exact) mass is 238 g/mol. The molecule has 2 N–H and O–H groups in total. The van der Waals surface area contributed by atoms with Crippen LogP contribution < -0.4 is 10.6 Å². The molecular weight excluding hydrogens is 223 g/mol. The second-order valence-corrected chi connectivity index (χ2v) is 4.00. The van der Waals surface area contributed by atoms with Gasteiger partial charge in [-0.2, -0.15) is 0 Å². The summed E-state index contributed by atoms with van der Waals surface area (Å²) in [4.78, 5) is 11.4. The first kappa shape index (κ1) is 11.9. The quantitative estimate of drug-likeness (QED) is 0.848. The fourth-order valence-corrected chi connectivity index (χ4v) is 1.78. The van der Waals surface area contributed by atoms with Gasteiger partial charge in [0.1, 0.15) is 12.4 Å². The molecule has 1 fully saturated rings. The van der Waals surface area contributed by atoms with E-state index in [4.69, 9.17) is 4.74 Å². The van der Waals surface area contributed by atoms with Gasteiger partial charge in [0, 0.05) is 6.04 Å². The number of benzene rings is 1. The van der Waals surface area contributed by atoms with E-state index >= 15 is 0 Å². The smallest absolute Gasteiger partial charge is 0.411 e. The number of halogens is 1. The molecule has 0 aliphatic carbocycles. The molecule has 1 amide bonds. The maximum Gasteiger partial charge on any atom is 0.411 e. The van der Waals surface area contributed by atoms with Crippen LogP contribution in [0.4, 0.5) is 14.9 Å². The van der Waals surface area contributed by atoms with Crippen molar-refractivity contribution in [3.8, 4) is 0 Å². The molecular formula is C12H15FN2O2. The van der Waals surface area contributed by atoms with Gasteiger partial charge in [0.25, 0.3) is 0 Å². The summed E-state index contributed by atoms with van der Waals surface area (Å²) in [6, 6.07) is 6.21. The number of carbonyl (C=O) groups is 1. The van der Waals surface area contributed by atoms with Gasteiger partial charge < -0.3 is 10.1 Å². The van der Waals surface area contributed by atoms with E-state index in [0.29, 0.717) is 6.61 Å². The molecule has 0 bridgehead atoms. The van der Waals surface area contributed by atoms with Gasteiger partial charge in [-0.05, 0) is 31.5 Å². The molecule has 1 aliphatic heterocycles. The van der Waals surface area contributed by atoms with Crippen molar-refractivity contribution in [2.45, 2.75) is 18.9 Å². The van der Waals surface area contributed by atoms with E-state index in [9.17, 15) is 9.18 Å². The standard InChI is InChI=1S/C12H15FN2O2/c13-10-5-1-2-6-11(10)15-12(16)17-8-9-4-3-7-14-9/h1-2,5-6,9,14H,3-4,7-8H2,(H,15,16). The fraction of sp³-hybridized carbons (Fsp3) is 0.417. The Morgan fingerprint density at radius 1 is 1.53 bits per heavy atom. The minimum absolute atomic E-state index is 0.136. The number of hydrogen-bond acceptors (Lipinski definition) is 3. The van der Waals surface area contributed by atoms with Crippen molar-refractivity contribution >= 4 is 11.8 Å². The molecule has 2 rings (SSSR count). The summed E-state index contributed by atoms with van der Waals surface area (Å²) in [6.45, 7) is 1.28. The molecule has 0 aromatic heterocycles. The predicted molar refractivity (Wildman–Crippen MR) is 62.4 cm³/mol. The van der Waals surface area contributed by atoms with Crippen LogP contribution in [0.1, 0.15) is 12.8 Å². The normalized spacial score (nSPS) is 19.0. The number of hydrogen-bond donors (Lipinski definition) is 2. The maximum absolute atomic E-state index is 13.2. The lowest BCUT2D eigenvalue weighted by Crippen LogP contribution is -2.29. The lowest BCUT2D eigenvalue weighted by molar-refractivity contribution is 0.151. The van der Waals surface area contributed by atoms with Gasteiger partial charge in [0.2, 0.25) is 0 Å². The van der Waals surface area contributed by atoms with Crippen LogP contribution in [0.2, 0.25) is 0 Å². The summed E-state index contributed by atoms with van der Waals surface area (Å²) in [6.07, 6.45) is 1.49. The van der Waals surface area contributed by atoms with Crippen LogP contribution in [0.5, 0.6) is 0 Å².